The lowest BCUT2D eigenvalue weighted by molar-refractivity contribution is -0.119. The van der Waals surface area contributed by atoms with Crippen LogP contribution in [0.15, 0.2) is 53.6 Å². The Balaban J connectivity index is 1.55. The van der Waals surface area contributed by atoms with Crippen LogP contribution in [0.4, 0.5) is 5.69 Å². The molecule has 0 atom stereocenters. The molecule has 2 aromatic carbocycles. The average molecular weight is 311 g/mol. The maximum Gasteiger partial charge on any atom is 0.259 e. The molecule has 0 aliphatic carbocycles. The zero-order chi connectivity index (χ0) is 16.1. The van der Waals surface area contributed by atoms with Crippen molar-refractivity contribution in [1.29, 1.82) is 0 Å². The van der Waals surface area contributed by atoms with E-state index in [1.807, 2.05) is 55.5 Å². The van der Waals surface area contributed by atoms with Gasteiger partial charge in [-0.05, 0) is 37.3 Å². The molecule has 0 spiro atoms. The van der Waals surface area contributed by atoms with Gasteiger partial charge in [-0.2, -0.15) is 5.10 Å². The summed E-state index contributed by atoms with van der Waals surface area (Å²) in [5.74, 6) is 1.20. The Bertz CT molecular complexity index is 729. The highest BCUT2D eigenvalue weighted by atomic mass is 16.7. The number of hydrogen-bond donors (Lipinski definition) is 2. The van der Waals surface area contributed by atoms with E-state index in [0.29, 0.717) is 11.5 Å². The first kappa shape index (κ1) is 14.9. The third-order valence-electron chi connectivity index (χ3n) is 3.37. The fourth-order valence-electron chi connectivity index (χ4n) is 2.11. The van der Waals surface area contributed by atoms with E-state index in [0.717, 1.165) is 17.0 Å². The number of amides is 1. The zero-order valence-corrected chi connectivity index (χ0v) is 12.7. The number of hydrogen-bond acceptors (Lipinski definition) is 5. The van der Waals surface area contributed by atoms with Gasteiger partial charge in [0.1, 0.15) is 0 Å². The quantitative estimate of drug-likeness (QED) is 0.657. The Labute approximate surface area is 134 Å². The highest BCUT2D eigenvalue weighted by Gasteiger charge is 2.14. The molecular formula is C17H17N3O3. The van der Waals surface area contributed by atoms with Gasteiger partial charge < -0.3 is 14.8 Å². The van der Waals surface area contributed by atoms with Crippen molar-refractivity contribution in [2.45, 2.75) is 6.92 Å². The molecule has 1 aliphatic rings. The van der Waals surface area contributed by atoms with Gasteiger partial charge in [-0.15, -0.1) is 0 Å². The monoisotopic (exact) mass is 311 g/mol. The number of nitrogens with one attached hydrogen (secondary N) is 2. The number of carbonyl (C=O) groups is 1. The minimum Gasteiger partial charge on any atom is -0.454 e. The summed E-state index contributed by atoms with van der Waals surface area (Å²) in [6, 6.07) is 15.1. The van der Waals surface area contributed by atoms with E-state index >= 15 is 0 Å². The van der Waals surface area contributed by atoms with Gasteiger partial charge in [0.15, 0.2) is 11.5 Å². The number of benzene rings is 2. The van der Waals surface area contributed by atoms with Gasteiger partial charge in [0.25, 0.3) is 5.91 Å². The normalized spacial score (nSPS) is 12.8. The number of hydrazone groups is 1. The number of anilines is 1. The molecule has 118 valence electrons. The Morgan fingerprint density at radius 2 is 1.91 bits per heavy atom. The van der Waals surface area contributed by atoms with E-state index in [-0.39, 0.29) is 19.2 Å². The number of carbonyl (C=O) groups excluding carboxylic acids is 1. The second-order valence-corrected chi connectivity index (χ2v) is 5.02. The van der Waals surface area contributed by atoms with Crippen LogP contribution in [-0.2, 0) is 4.79 Å². The molecule has 2 aromatic rings. The highest BCUT2D eigenvalue weighted by Crippen LogP contribution is 2.32. The predicted octanol–water partition coefficient (Wildman–Crippen LogP) is 2.37. The average Bonchev–Trinajstić information content (AvgIpc) is 3.06. The molecule has 2 N–H and O–H groups in total. The van der Waals surface area contributed by atoms with Gasteiger partial charge >= 0.3 is 0 Å². The smallest absolute Gasteiger partial charge is 0.259 e. The van der Waals surface area contributed by atoms with Gasteiger partial charge in [0, 0.05) is 11.3 Å². The Kier molecular flexibility index (Phi) is 4.42. The summed E-state index contributed by atoms with van der Waals surface area (Å²) in [5, 5.41) is 7.14. The maximum absolute atomic E-state index is 11.8. The van der Waals surface area contributed by atoms with Crippen molar-refractivity contribution in [3.05, 3.63) is 54.1 Å². The molecule has 1 aliphatic heterocycles. The van der Waals surface area contributed by atoms with E-state index < -0.39 is 0 Å². The van der Waals surface area contributed by atoms with Crippen LogP contribution >= 0.6 is 0 Å². The molecule has 6 heteroatoms. The standard InChI is InChI=1S/C17H17N3O3/c1-12(13-7-8-15-16(9-13)23-11-22-15)19-20-17(21)10-18-14-5-3-2-4-6-14/h2-9,18H,10-11H2,1H3,(H,20,21)/b19-12-. The predicted molar refractivity (Wildman–Crippen MR) is 87.9 cm³/mol. The number of para-hydroxylation sites is 1. The molecule has 0 saturated carbocycles. The number of rotatable bonds is 5. The first-order valence-electron chi connectivity index (χ1n) is 7.24. The Morgan fingerprint density at radius 1 is 1.13 bits per heavy atom. The number of nitrogens with zero attached hydrogens (tertiary/aromatic N) is 1. The number of ether oxygens (including phenoxy) is 2. The summed E-state index contributed by atoms with van der Waals surface area (Å²) in [7, 11) is 0. The molecule has 1 heterocycles. The molecule has 0 fully saturated rings. The summed E-state index contributed by atoms with van der Waals surface area (Å²) >= 11 is 0. The van der Waals surface area contributed by atoms with Crippen molar-refractivity contribution in [3.63, 3.8) is 0 Å². The molecule has 3 rings (SSSR count). The molecule has 1 amide bonds. The Morgan fingerprint density at radius 3 is 2.74 bits per heavy atom. The van der Waals surface area contributed by atoms with Crippen molar-refractivity contribution in [1.82, 2.24) is 5.43 Å². The van der Waals surface area contributed by atoms with Crippen LogP contribution in [0.2, 0.25) is 0 Å². The Hall–Kier alpha value is -3.02. The van der Waals surface area contributed by atoms with Gasteiger partial charge in [-0.25, -0.2) is 5.43 Å². The van der Waals surface area contributed by atoms with Crippen LogP contribution in [-0.4, -0.2) is 25.0 Å². The lowest BCUT2D eigenvalue weighted by atomic mass is 10.1. The zero-order valence-electron chi connectivity index (χ0n) is 12.7. The van der Waals surface area contributed by atoms with Gasteiger partial charge in [0.2, 0.25) is 6.79 Å². The first-order chi connectivity index (χ1) is 11.2. The maximum atomic E-state index is 11.8. The lowest BCUT2D eigenvalue weighted by Crippen LogP contribution is -2.26. The molecule has 0 aromatic heterocycles. The highest BCUT2D eigenvalue weighted by molar-refractivity contribution is 6.00. The second kappa shape index (κ2) is 6.83. The number of fused-ring (bicyclic) bond motifs is 1. The summed E-state index contributed by atoms with van der Waals surface area (Å²) in [4.78, 5) is 11.8. The van der Waals surface area contributed by atoms with E-state index in [1.54, 1.807) is 0 Å². The molecule has 0 unspecified atom stereocenters. The largest absolute Gasteiger partial charge is 0.454 e. The summed E-state index contributed by atoms with van der Waals surface area (Å²) in [6.45, 7) is 2.21. The topological polar surface area (TPSA) is 72.0 Å². The van der Waals surface area contributed by atoms with Crippen molar-refractivity contribution < 1.29 is 14.3 Å². The molecule has 23 heavy (non-hydrogen) atoms. The first-order valence-corrected chi connectivity index (χ1v) is 7.24. The molecule has 6 nitrogen and oxygen atoms in total. The molecule has 0 bridgehead atoms. The van der Waals surface area contributed by atoms with Crippen LogP contribution in [0.25, 0.3) is 0 Å². The van der Waals surface area contributed by atoms with Gasteiger partial charge in [0.05, 0.1) is 12.3 Å². The van der Waals surface area contributed by atoms with Crippen LogP contribution in [0.5, 0.6) is 11.5 Å². The molecule has 0 saturated heterocycles. The van der Waals surface area contributed by atoms with Crippen molar-refractivity contribution in [3.8, 4) is 11.5 Å². The van der Waals surface area contributed by atoms with Crippen LogP contribution in [0.1, 0.15) is 12.5 Å². The third kappa shape index (κ3) is 3.79. The van der Waals surface area contributed by atoms with E-state index in [2.05, 4.69) is 15.8 Å². The summed E-state index contributed by atoms with van der Waals surface area (Å²) in [6.07, 6.45) is 0. The summed E-state index contributed by atoms with van der Waals surface area (Å²) in [5.41, 5.74) is 4.98. The minimum absolute atomic E-state index is 0.155. The molecular weight excluding hydrogens is 294 g/mol. The van der Waals surface area contributed by atoms with E-state index in [1.165, 1.54) is 0 Å². The molecule has 0 radical (unpaired) electrons. The minimum atomic E-state index is -0.214. The van der Waals surface area contributed by atoms with Crippen LogP contribution in [0, 0.1) is 0 Å². The van der Waals surface area contributed by atoms with Crippen molar-refractivity contribution in [2.24, 2.45) is 5.10 Å². The fraction of sp³-hybridized carbons (Fsp3) is 0.176. The van der Waals surface area contributed by atoms with Gasteiger partial charge in [-0.3, -0.25) is 4.79 Å². The SMILES string of the molecule is C/C(=N/NC(=O)CNc1ccccc1)c1ccc2c(c1)OCO2. The third-order valence-corrected chi connectivity index (χ3v) is 3.37. The van der Waals surface area contributed by atoms with E-state index in [4.69, 9.17) is 9.47 Å². The van der Waals surface area contributed by atoms with Crippen molar-refractivity contribution in [2.75, 3.05) is 18.7 Å². The fourth-order valence-corrected chi connectivity index (χ4v) is 2.11. The van der Waals surface area contributed by atoms with Crippen LogP contribution in [0.3, 0.4) is 0 Å². The van der Waals surface area contributed by atoms with Gasteiger partial charge in [-0.1, -0.05) is 18.2 Å². The lowest BCUT2D eigenvalue weighted by Gasteiger charge is -2.06. The summed E-state index contributed by atoms with van der Waals surface area (Å²) < 4.78 is 10.6. The van der Waals surface area contributed by atoms with Crippen molar-refractivity contribution >= 4 is 17.3 Å². The second-order valence-electron chi connectivity index (χ2n) is 5.02. The van der Waals surface area contributed by atoms with E-state index in [9.17, 15) is 4.79 Å². The van der Waals surface area contributed by atoms with Crippen LogP contribution < -0.4 is 20.2 Å².